The van der Waals surface area contributed by atoms with Gasteiger partial charge in [0, 0.05) is 19.3 Å². The van der Waals surface area contributed by atoms with E-state index in [1.54, 1.807) is 0 Å². The van der Waals surface area contributed by atoms with Crippen molar-refractivity contribution in [2.24, 2.45) is 0 Å². The van der Waals surface area contributed by atoms with Crippen molar-refractivity contribution in [3.63, 3.8) is 0 Å². The van der Waals surface area contributed by atoms with Gasteiger partial charge in [-0.25, -0.2) is 0 Å². The van der Waals surface area contributed by atoms with Crippen LogP contribution < -0.4 is 0 Å². The summed E-state index contributed by atoms with van der Waals surface area (Å²) in [4.78, 5) is 37.9. The van der Waals surface area contributed by atoms with Crippen LogP contribution in [0.15, 0.2) is 146 Å². The highest BCUT2D eigenvalue weighted by Gasteiger charge is 2.19. The molecule has 0 aromatic carbocycles. The van der Waals surface area contributed by atoms with Crippen LogP contribution in [0.25, 0.3) is 0 Å². The minimum Gasteiger partial charge on any atom is -0.462 e. The Hall–Kier alpha value is -4.71. The Kier molecular flexibility index (Phi) is 58.9. The van der Waals surface area contributed by atoms with E-state index in [1.165, 1.54) is 96.3 Å². The Morgan fingerprint density at radius 2 is 0.539 bits per heavy atom. The fourth-order valence-electron chi connectivity index (χ4n) is 8.06. The van der Waals surface area contributed by atoms with Crippen LogP contribution in [0.4, 0.5) is 0 Å². The Morgan fingerprint density at radius 1 is 0.276 bits per heavy atom. The highest BCUT2D eigenvalue weighted by atomic mass is 16.6. The summed E-state index contributed by atoms with van der Waals surface area (Å²) in [6.07, 6.45) is 90.5. The summed E-state index contributed by atoms with van der Waals surface area (Å²) >= 11 is 0. The number of hydrogen-bond donors (Lipinski definition) is 0. The topological polar surface area (TPSA) is 78.9 Å². The zero-order valence-electron chi connectivity index (χ0n) is 49.0. The molecule has 0 heterocycles. The summed E-state index contributed by atoms with van der Waals surface area (Å²) in [7, 11) is 0. The van der Waals surface area contributed by atoms with Gasteiger partial charge in [0.25, 0.3) is 0 Å². The fraction of sp³-hybridized carbons (Fsp3) is 0.614. The van der Waals surface area contributed by atoms with Gasteiger partial charge in [0.2, 0.25) is 0 Å². The normalized spacial score (nSPS) is 13.1. The van der Waals surface area contributed by atoms with Crippen LogP contribution in [0.3, 0.4) is 0 Å². The van der Waals surface area contributed by atoms with Gasteiger partial charge >= 0.3 is 17.9 Å². The van der Waals surface area contributed by atoms with E-state index in [0.29, 0.717) is 19.3 Å². The molecule has 0 amide bonds. The Bertz CT molecular complexity index is 1680. The molecule has 0 bridgehead atoms. The Morgan fingerprint density at radius 3 is 0.855 bits per heavy atom. The molecule has 6 heteroatoms. The SMILES string of the molecule is CC/C=C\C/C=C\C/C=C\C/C=C\C/C=C\C/C=C\CCCCCCCCCCCCCCCCC(=O)OCC(COC(=O)CCCCCCCC)OC(=O)CC/C=C\C/C=C\C/C=C\C/C=C\C/C=C\C/C=C\CC. The zero-order valence-corrected chi connectivity index (χ0v) is 49.0. The van der Waals surface area contributed by atoms with Gasteiger partial charge in [-0.2, -0.15) is 0 Å². The molecule has 0 aliphatic rings. The monoisotopic (exact) mass is 1050 g/mol. The third-order valence-corrected chi connectivity index (χ3v) is 12.6. The largest absolute Gasteiger partial charge is 0.462 e. The molecule has 1 unspecified atom stereocenters. The molecule has 0 aromatic heterocycles. The van der Waals surface area contributed by atoms with Crippen LogP contribution in [0, 0.1) is 0 Å². The van der Waals surface area contributed by atoms with Crippen molar-refractivity contribution in [1.29, 1.82) is 0 Å². The molecule has 0 saturated heterocycles. The zero-order chi connectivity index (χ0) is 55.0. The van der Waals surface area contributed by atoms with Crippen LogP contribution in [-0.2, 0) is 28.6 Å². The molecule has 1 atom stereocenters. The summed E-state index contributed by atoms with van der Waals surface area (Å²) in [6, 6.07) is 0. The third kappa shape index (κ3) is 60.2. The number of esters is 3. The lowest BCUT2D eigenvalue weighted by molar-refractivity contribution is -0.166. The predicted molar refractivity (Wildman–Crippen MR) is 329 cm³/mol. The molecule has 0 N–H and O–H groups in total. The summed E-state index contributed by atoms with van der Waals surface area (Å²) in [5.41, 5.74) is 0. The number of hydrogen-bond acceptors (Lipinski definition) is 6. The first-order valence-corrected chi connectivity index (χ1v) is 30.8. The molecule has 0 saturated carbocycles. The van der Waals surface area contributed by atoms with Gasteiger partial charge in [0.05, 0.1) is 0 Å². The van der Waals surface area contributed by atoms with Crippen molar-refractivity contribution in [3.05, 3.63) is 146 Å². The molecule has 0 aliphatic heterocycles. The number of carbonyl (C=O) groups is 3. The van der Waals surface area contributed by atoms with Gasteiger partial charge in [-0.3, -0.25) is 14.4 Å². The number of ether oxygens (including phenoxy) is 3. The smallest absolute Gasteiger partial charge is 0.306 e. The lowest BCUT2D eigenvalue weighted by Gasteiger charge is -2.18. The number of unbranched alkanes of at least 4 members (excludes halogenated alkanes) is 19. The van der Waals surface area contributed by atoms with Gasteiger partial charge in [0.15, 0.2) is 6.10 Å². The highest BCUT2D eigenvalue weighted by Crippen LogP contribution is 2.15. The standard InChI is InChI=1S/C70H112O6/c1-4-7-10-13-16-18-20-22-24-26-28-29-30-31-32-33-34-35-36-37-38-39-40-41-43-44-46-48-50-52-54-57-60-63-69(72)75-66-67(65-74-68(71)62-59-56-15-12-9-6-3)76-70(73)64-61-58-55-53-51-49-47-45-42-27-25-23-21-19-17-14-11-8-5-2/h7-8,10-11,16-19,22-25,28-29,31-32,34-35,42,45,49,51,55,58,67H,4-6,9,12-15,20-21,26-27,30,33,36-41,43-44,46-48,50,52-54,56-57,59-66H2,1-3H3/b10-7-,11-8-,18-16-,19-17-,24-22-,25-23-,29-28-,32-31-,35-34-,45-42-,51-49-,58-55-. The number of carbonyl (C=O) groups excluding carboxylic acids is 3. The molecule has 0 fully saturated rings. The van der Waals surface area contributed by atoms with Crippen molar-refractivity contribution in [3.8, 4) is 0 Å². The van der Waals surface area contributed by atoms with Gasteiger partial charge < -0.3 is 14.2 Å². The molecule has 76 heavy (non-hydrogen) atoms. The molecular formula is C70H112O6. The van der Waals surface area contributed by atoms with Crippen LogP contribution in [-0.4, -0.2) is 37.2 Å². The van der Waals surface area contributed by atoms with Crippen LogP contribution in [0.2, 0.25) is 0 Å². The van der Waals surface area contributed by atoms with E-state index in [1.807, 2.05) is 12.2 Å². The van der Waals surface area contributed by atoms with Gasteiger partial charge in [-0.05, 0) is 109 Å². The first-order chi connectivity index (χ1) is 37.5. The van der Waals surface area contributed by atoms with E-state index in [2.05, 4.69) is 154 Å². The van der Waals surface area contributed by atoms with E-state index >= 15 is 0 Å². The fourth-order valence-corrected chi connectivity index (χ4v) is 8.06. The quantitative estimate of drug-likeness (QED) is 0.0261. The van der Waals surface area contributed by atoms with Crippen LogP contribution in [0.1, 0.15) is 258 Å². The molecule has 6 nitrogen and oxygen atoms in total. The maximum Gasteiger partial charge on any atom is 0.306 e. The molecule has 0 aliphatic carbocycles. The average molecular weight is 1050 g/mol. The second-order valence-electron chi connectivity index (χ2n) is 19.9. The molecule has 428 valence electrons. The Labute approximate surface area is 467 Å². The van der Waals surface area contributed by atoms with Crippen LogP contribution in [0.5, 0.6) is 0 Å². The maximum absolute atomic E-state index is 12.8. The third-order valence-electron chi connectivity index (χ3n) is 12.6. The second kappa shape index (κ2) is 62.8. The van der Waals surface area contributed by atoms with Crippen LogP contribution >= 0.6 is 0 Å². The van der Waals surface area contributed by atoms with Gasteiger partial charge in [-0.15, -0.1) is 0 Å². The number of rotatable bonds is 54. The maximum atomic E-state index is 12.8. The minimum absolute atomic E-state index is 0.111. The summed E-state index contributed by atoms with van der Waals surface area (Å²) in [6.45, 7) is 6.28. The molecule has 0 spiro atoms. The summed E-state index contributed by atoms with van der Waals surface area (Å²) < 4.78 is 16.7. The van der Waals surface area contributed by atoms with E-state index < -0.39 is 12.1 Å². The molecular weight excluding hydrogens is 937 g/mol. The molecule has 0 rings (SSSR count). The predicted octanol–water partition coefficient (Wildman–Crippen LogP) is 21.2. The Balaban J connectivity index is 4.14. The summed E-state index contributed by atoms with van der Waals surface area (Å²) in [5.74, 6) is -1.01. The van der Waals surface area contributed by atoms with E-state index in [-0.39, 0.29) is 31.6 Å². The first-order valence-electron chi connectivity index (χ1n) is 30.8. The first kappa shape index (κ1) is 71.3. The van der Waals surface area contributed by atoms with E-state index in [4.69, 9.17) is 14.2 Å². The molecule has 0 radical (unpaired) electrons. The van der Waals surface area contributed by atoms with Crippen molar-refractivity contribution < 1.29 is 28.6 Å². The van der Waals surface area contributed by atoms with Gasteiger partial charge in [-0.1, -0.05) is 276 Å². The second-order valence-corrected chi connectivity index (χ2v) is 19.9. The highest BCUT2D eigenvalue weighted by molar-refractivity contribution is 5.71. The average Bonchev–Trinajstić information content (AvgIpc) is 3.42. The minimum atomic E-state index is -0.820. The summed E-state index contributed by atoms with van der Waals surface area (Å²) in [5, 5.41) is 0. The van der Waals surface area contributed by atoms with Crippen molar-refractivity contribution in [2.75, 3.05) is 13.2 Å². The van der Waals surface area contributed by atoms with Crippen molar-refractivity contribution >= 4 is 17.9 Å². The van der Waals surface area contributed by atoms with E-state index in [0.717, 1.165) is 116 Å². The van der Waals surface area contributed by atoms with Gasteiger partial charge in [0.1, 0.15) is 13.2 Å². The van der Waals surface area contributed by atoms with Crippen molar-refractivity contribution in [1.82, 2.24) is 0 Å². The van der Waals surface area contributed by atoms with E-state index in [9.17, 15) is 14.4 Å². The molecule has 0 aromatic rings. The lowest BCUT2D eigenvalue weighted by atomic mass is 10.0. The lowest BCUT2D eigenvalue weighted by Crippen LogP contribution is -2.30. The number of allylic oxidation sites excluding steroid dienone is 24. The van der Waals surface area contributed by atoms with Crippen molar-refractivity contribution in [2.45, 2.75) is 264 Å².